The van der Waals surface area contributed by atoms with Crippen LogP contribution in [0.4, 0.5) is 0 Å². The third kappa shape index (κ3) is 4.79. The van der Waals surface area contributed by atoms with Gasteiger partial charge < -0.3 is 5.32 Å². The number of carbonyl (C=O) groups excluding carboxylic acids is 1. The van der Waals surface area contributed by atoms with Crippen LogP contribution < -0.4 is 10.5 Å². The Kier molecular flexibility index (Phi) is 6.37. The van der Waals surface area contributed by atoms with Gasteiger partial charge >= 0.3 is 0 Å². The van der Waals surface area contributed by atoms with Crippen LogP contribution in [0.5, 0.6) is 0 Å². The molecule has 0 radical (unpaired) electrons. The number of hydrogen-bond donors (Lipinski definition) is 2. The Morgan fingerprint density at radius 1 is 1.33 bits per heavy atom. The highest BCUT2D eigenvalue weighted by Crippen LogP contribution is 2.26. The summed E-state index contributed by atoms with van der Waals surface area (Å²) in [6.45, 7) is 6.44. The molecule has 1 amide bonds. The van der Waals surface area contributed by atoms with E-state index in [1.807, 2.05) is 0 Å². The lowest BCUT2D eigenvalue weighted by Gasteiger charge is -2.14. The van der Waals surface area contributed by atoms with Gasteiger partial charge in [-0.05, 0) is 46.5 Å². The van der Waals surface area contributed by atoms with Crippen molar-refractivity contribution in [3.05, 3.63) is 27.7 Å². The summed E-state index contributed by atoms with van der Waals surface area (Å²) in [4.78, 5) is 12.1. The first-order valence-corrected chi connectivity index (χ1v) is 9.15. The van der Waals surface area contributed by atoms with Gasteiger partial charge in [0.15, 0.2) is 0 Å². The second-order valence-corrected chi connectivity index (χ2v) is 7.37. The molecule has 0 spiro atoms. The normalized spacial score (nSPS) is 11.7. The molecule has 0 aliphatic heterocycles. The monoisotopic (exact) mass is 376 g/mol. The van der Waals surface area contributed by atoms with Crippen molar-refractivity contribution >= 4 is 31.9 Å². The average Bonchev–Trinajstić information content (AvgIpc) is 2.41. The van der Waals surface area contributed by atoms with E-state index in [-0.39, 0.29) is 10.8 Å². The first-order chi connectivity index (χ1) is 9.70. The quantitative estimate of drug-likeness (QED) is 0.799. The van der Waals surface area contributed by atoms with Gasteiger partial charge in [-0.15, -0.1) is 0 Å². The fourth-order valence-corrected chi connectivity index (χ4v) is 3.60. The fourth-order valence-electron chi connectivity index (χ4n) is 1.99. The summed E-state index contributed by atoms with van der Waals surface area (Å²) in [6, 6.07) is 2.94. The van der Waals surface area contributed by atoms with Gasteiger partial charge in [-0.1, -0.05) is 26.7 Å². The van der Waals surface area contributed by atoms with Gasteiger partial charge in [-0.25, -0.2) is 13.6 Å². The molecule has 21 heavy (non-hydrogen) atoms. The molecule has 1 rings (SSSR count). The molecule has 7 heteroatoms. The SMILES string of the molecule is CCC(CC)CNC(=O)c1cc(C)c(Br)c(S(N)(=O)=O)c1. The summed E-state index contributed by atoms with van der Waals surface area (Å²) in [5.41, 5.74) is 0.944. The van der Waals surface area contributed by atoms with Gasteiger partial charge in [0.1, 0.15) is 0 Å². The molecule has 0 saturated heterocycles. The van der Waals surface area contributed by atoms with E-state index in [9.17, 15) is 13.2 Å². The van der Waals surface area contributed by atoms with Crippen molar-refractivity contribution in [2.75, 3.05) is 6.54 Å². The molecule has 0 heterocycles. The van der Waals surface area contributed by atoms with E-state index in [0.29, 0.717) is 28.1 Å². The molecule has 1 aromatic carbocycles. The van der Waals surface area contributed by atoms with Crippen molar-refractivity contribution in [2.24, 2.45) is 11.1 Å². The Labute approximate surface area is 134 Å². The molecule has 0 unspecified atom stereocenters. The van der Waals surface area contributed by atoms with Crippen molar-refractivity contribution < 1.29 is 13.2 Å². The third-order valence-corrected chi connectivity index (χ3v) is 5.75. The number of aryl methyl sites for hydroxylation is 1. The van der Waals surface area contributed by atoms with E-state index < -0.39 is 10.0 Å². The predicted molar refractivity (Wildman–Crippen MR) is 86.7 cm³/mol. The van der Waals surface area contributed by atoms with Crippen LogP contribution in [0.15, 0.2) is 21.5 Å². The molecule has 0 aromatic heterocycles. The van der Waals surface area contributed by atoms with Crippen LogP contribution in [0.25, 0.3) is 0 Å². The third-order valence-electron chi connectivity index (χ3n) is 3.50. The Balaban J connectivity index is 3.04. The Hall–Kier alpha value is -0.920. The number of halogens is 1. The summed E-state index contributed by atoms with van der Waals surface area (Å²) < 4.78 is 23.5. The zero-order valence-electron chi connectivity index (χ0n) is 12.4. The van der Waals surface area contributed by atoms with E-state index in [1.54, 1.807) is 13.0 Å². The smallest absolute Gasteiger partial charge is 0.251 e. The van der Waals surface area contributed by atoms with E-state index in [0.717, 1.165) is 12.8 Å². The molecule has 0 atom stereocenters. The van der Waals surface area contributed by atoms with E-state index >= 15 is 0 Å². The molecular weight excluding hydrogens is 356 g/mol. The van der Waals surface area contributed by atoms with Crippen molar-refractivity contribution in [1.82, 2.24) is 5.32 Å². The Morgan fingerprint density at radius 2 is 1.90 bits per heavy atom. The molecule has 5 nitrogen and oxygen atoms in total. The van der Waals surface area contributed by atoms with E-state index in [4.69, 9.17) is 5.14 Å². The molecular formula is C14H21BrN2O3S. The number of amides is 1. The summed E-state index contributed by atoms with van der Waals surface area (Å²) in [5.74, 6) is 0.130. The maximum absolute atomic E-state index is 12.2. The average molecular weight is 377 g/mol. The van der Waals surface area contributed by atoms with Crippen molar-refractivity contribution in [3.8, 4) is 0 Å². The minimum absolute atomic E-state index is 0.0739. The number of benzene rings is 1. The highest BCUT2D eigenvalue weighted by Gasteiger charge is 2.18. The zero-order chi connectivity index (χ0) is 16.2. The van der Waals surface area contributed by atoms with Gasteiger partial charge in [0.25, 0.3) is 5.91 Å². The lowest BCUT2D eigenvalue weighted by molar-refractivity contribution is 0.0946. The van der Waals surface area contributed by atoms with Crippen LogP contribution in [0, 0.1) is 12.8 Å². The largest absolute Gasteiger partial charge is 0.352 e. The first-order valence-electron chi connectivity index (χ1n) is 6.81. The summed E-state index contributed by atoms with van der Waals surface area (Å²) in [6.07, 6.45) is 1.97. The number of rotatable bonds is 6. The maximum atomic E-state index is 12.2. The predicted octanol–water partition coefficient (Wildman–Crippen LogP) is 2.57. The molecule has 0 saturated carbocycles. The van der Waals surface area contributed by atoms with Crippen LogP contribution in [-0.2, 0) is 10.0 Å². The maximum Gasteiger partial charge on any atom is 0.251 e. The topological polar surface area (TPSA) is 89.3 Å². The van der Waals surface area contributed by atoms with Crippen LogP contribution in [0.3, 0.4) is 0 Å². The van der Waals surface area contributed by atoms with Crippen LogP contribution >= 0.6 is 15.9 Å². The summed E-state index contributed by atoms with van der Waals surface area (Å²) in [5, 5.41) is 8.01. The minimum Gasteiger partial charge on any atom is -0.352 e. The number of nitrogens with one attached hydrogen (secondary N) is 1. The van der Waals surface area contributed by atoms with Crippen molar-refractivity contribution in [1.29, 1.82) is 0 Å². The zero-order valence-corrected chi connectivity index (χ0v) is 14.8. The van der Waals surface area contributed by atoms with Gasteiger partial charge in [0.05, 0.1) is 4.90 Å². The van der Waals surface area contributed by atoms with Crippen molar-refractivity contribution in [2.45, 2.75) is 38.5 Å². The number of primary sulfonamides is 1. The number of carbonyl (C=O) groups is 1. The molecule has 0 bridgehead atoms. The molecule has 1 aromatic rings. The lowest BCUT2D eigenvalue weighted by atomic mass is 10.0. The fraction of sp³-hybridized carbons (Fsp3) is 0.500. The molecule has 3 N–H and O–H groups in total. The van der Waals surface area contributed by atoms with Crippen LogP contribution in [0.1, 0.15) is 42.6 Å². The Morgan fingerprint density at radius 3 is 2.38 bits per heavy atom. The molecule has 118 valence electrons. The minimum atomic E-state index is -3.88. The molecule has 0 fully saturated rings. The van der Waals surface area contributed by atoms with E-state index in [1.165, 1.54) is 6.07 Å². The van der Waals surface area contributed by atoms with Gasteiger partial charge in [-0.3, -0.25) is 4.79 Å². The van der Waals surface area contributed by atoms with Crippen LogP contribution in [-0.4, -0.2) is 20.9 Å². The van der Waals surface area contributed by atoms with Gasteiger partial charge in [0, 0.05) is 16.6 Å². The number of hydrogen-bond acceptors (Lipinski definition) is 3. The molecule has 0 aliphatic carbocycles. The summed E-state index contributed by atoms with van der Waals surface area (Å²) in [7, 11) is -3.88. The second kappa shape index (κ2) is 7.38. The Bertz CT molecular complexity index is 625. The lowest BCUT2D eigenvalue weighted by Crippen LogP contribution is -2.29. The van der Waals surface area contributed by atoms with Crippen LogP contribution in [0.2, 0.25) is 0 Å². The standard InChI is InChI=1S/C14H21BrN2O3S/c1-4-10(5-2)8-17-14(18)11-6-9(3)13(15)12(7-11)21(16,19)20/h6-7,10H,4-5,8H2,1-3H3,(H,17,18)(H2,16,19,20). The van der Waals surface area contributed by atoms with E-state index in [2.05, 4.69) is 35.1 Å². The van der Waals surface area contributed by atoms with Gasteiger partial charge in [0.2, 0.25) is 10.0 Å². The number of nitrogens with two attached hydrogens (primary N) is 1. The second-order valence-electron chi connectivity index (χ2n) is 5.04. The van der Waals surface area contributed by atoms with Gasteiger partial charge in [-0.2, -0.15) is 0 Å². The first kappa shape index (κ1) is 18.1. The summed E-state index contributed by atoms with van der Waals surface area (Å²) >= 11 is 3.19. The molecule has 0 aliphatic rings. The van der Waals surface area contributed by atoms with Crippen molar-refractivity contribution in [3.63, 3.8) is 0 Å². The number of sulfonamides is 1. The highest BCUT2D eigenvalue weighted by molar-refractivity contribution is 9.10. The highest BCUT2D eigenvalue weighted by atomic mass is 79.9.